The fourth-order valence-corrected chi connectivity index (χ4v) is 9.63. The molecular weight excluding hydrogens is 773 g/mol. The van der Waals surface area contributed by atoms with Crippen LogP contribution in [0.2, 0.25) is 0 Å². The number of carbonyl (C=O) groups excluding carboxylic acids is 4. The van der Waals surface area contributed by atoms with E-state index in [4.69, 9.17) is 28.4 Å². The van der Waals surface area contributed by atoms with Crippen molar-refractivity contribution >= 4 is 23.9 Å². The van der Waals surface area contributed by atoms with Crippen LogP contribution in [0, 0.1) is 23.7 Å². The second-order valence-corrected chi connectivity index (χ2v) is 19.0. The van der Waals surface area contributed by atoms with Crippen LogP contribution in [0.15, 0.2) is 0 Å². The van der Waals surface area contributed by atoms with Gasteiger partial charge in [0, 0.05) is 0 Å². The second-order valence-electron chi connectivity index (χ2n) is 19.0. The molecule has 0 aromatic rings. The molecule has 0 radical (unpaired) electrons. The van der Waals surface area contributed by atoms with Gasteiger partial charge in [-0.2, -0.15) is 0 Å². The number of hydrogen-bond donors (Lipinski definition) is 0. The molecule has 4 rings (SSSR count). The molecular formula is C51H88O10. The fourth-order valence-electron chi connectivity index (χ4n) is 9.63. The zero-order valence-electron chi connectivity index (χ0n) is 38.9. The quantitative estimate of drug-likeness (QED) is 0.0256. The van der Waals surface area contributed by atoms with Gasteiger partial charge in [-0.25, -0.2) is 0 Å². The summed E-state index contributed by atoms with van der Waals surface area (Å²) in [6, 6.07) is 0. The van der Waals surface area contributed by atoms with Gasteiger partial charge in [-0.1, -0.05) is 174 Å². The monoisotopic (exact) mass is 861 g/mol. The van der Waals surface area contributed by atoms with Gasteiger partial charge >= 0.3 is 23.9 Å². The standard InChI is InChI=1S/C51H88O10/c1-3-5-7-9-11-20-24-28-32-56-48(52)40-36-44-46(60-44)38-42(40)50(54)58-34-30-26-22-18-16-14-13-15-17-19-23-27-31-35-59-51(55)43-39-47-45(61-47)37-41(43)49(53)57-33-29-25-21-12-10-8-6-4-2/h40-47H,3-39H2,1-2H3. The van der Waals surface area contributed by atoms with E-state index in [1.54, 1.807) is 0 Å². The lowest BCUT2D eigenvalue weighted by atomic mass is 9.79. The van der Waals surface area contributed by atoms with E-state index in [2.05, 4.69) is 13.8 Å². The van der Waals surface area contributed by atoms with Crippen molar-refractivity contribution in [3.8, 4) is 0 Å². The SMILES string of the molecule is CCCCCCCCCCOC(=O)C1CC2OC2CC1C(=O)OCCCCCCCCCCCCCCCOC(=O)C1CC2OC2CC1C(=O)OCCCCCCCCCC. The van der Waals surface area contributed by atoms with E-state index in [9.17, 15) is 19.2 Å². The van der Waals surface area contributed by atoms with Crippen molar-refractivity contribution in [3.63, 3.8) is 0 Å². The van der Waals surface area contributed by atoms with Gasteiger partial charge in [-0.15, -0.1) is 0 Å². The minimum Gasteiger partial charge on any atom is -0.465 e. The molecule has 0 aromatic heterocycles. The van der Waals surface area contributed by atoms with Crippen molar-refractivity contribution in [3.05, 3.63) is 0 Å². The van der Waals surface area contributed by atoms with Crippen LogP contribution in [0.1, 0.15) is 226 Å². The maximum atomic E-state index is 13.0. The molecule has 0 bridgehead atoms. The zero-order valence-corrected chi connectivity index (χ0v) is 38.9. The molecule has 4 aliphatic rings. The molecule has 10 nitrogen and oxygen atoms in total. The van der Waals surface area contributed by atoms with Gasteiger partial charge in [0.25, 0.3) is 0 Å². The van der Waals surface area contributed by atoms with Gasteiger partial charge in [-0.3, -0.25) is 19.2 Å². The van der Waals surface area contributed by atoms with Crippen molar-refractivity contribution in [1.82, 2.24) is 0 Å². The Morgan fingerprint density at radius 2 is 0.492 bits per heavy atom. The summed E-state index contributed by atoms with van der Waals surface area (Å²) in [6.07, 6.45) is 36.6. The molecule has 0 amide bonds. The lowest BCUT2D eigenvalue weighted by Crippen LogP contribution is -2.37. The van der Waals surface area contributed by atoms with Gasteiger partial charge in [0.2, 0.25) is 0 Å². The Morgan fingerprint density at radius 1 is 0.311 bits per heavy atom. The highest BCUT2D eigenvalue weighted by Crippen LogP contribution is 2.45. The van der Waals surface area contributed by atoms with E-state index < -0.39 is 23.7 Å². The highest BCUT2D eigenvalue weighted by atomic mass is 16.6. The lowest BCUT2D eigenvalue weighted by molar-refractivity contribution is -0.162. The van der Waals surface area contributed by atoms with Crippen molar-refractivity contribution in [2.75, 3.05) is 26.4 Å². The van der Waals surface area contributed by atoms with Crippen LogP contribution in [-0.4, -0.2) is 74.7 Å². The van der Waals surface area contributed by atoms with Crippen LogP contribution in [0.3, 0.4) is 0 Å². The highest BCUT2D eigenvalue weighted by Gasteiger charge is 2.54. The van der Waals surface area contributed by atoms with Crippen molar-refractivity contribution < 1.29 is 47.6 Å². The van der Waals surface area contributed by atoms with Crippen LogP contribution in [0.5, 0.6) is 0 Å². The summed E-state index contributed by atoms with van der Waals surface area (Å²) in [7, 11) is 0. The number of epoxide rings is 2. The maximum Gasteiger partial charge on any atom is 0.309 e. The molecule has 4 fully saturated rings. The smallest absolute Gasteiger partial charge is 0.309 e. The van der Waals surface area contributed by atoms with Crippen LogP contribution in [0.4, 0.5) is 0 Å². The summed E-state index contributed by atoms with van der Waals surface area (Å²) < 4.78 is 34.0. The predicted octanol–water partition coefficient (Wildman–Crippen LogP) is 12.1. The molecule has 0 spiro atoms. The topological polar surface area (TPSA) is 130 Å². The lowest BCUT2D eigenvalue weighted by Gasteiger charge is -2.26. The highest BCUT2D eigenvalue weighted by molar-refractivity contribution is 5.83. The van der Waals surface area contributed by atoms with Crippen LogP contribution in [0.25, 0.3) is 0 Å². The third kappa shape index (κ3) is 21.4. The van der Waals surface area contributed by atoms with E-state index in [0.717, 1.165) is 64.2 Å². The van der Waals surface area contributed by atoms with E-state index >= 15 is 0 Å². The summed E-state index contributed by atoms with van der Waals surface area (Å²) >= 11 is 0. The third-order valence-corrected chi connectivity index (χ3v) is 13.8. The first kappa shape index (κ1) is 51.4. The van der Waals surface area contributed by atoms with Crippen LogP contribution < -0.4 is 0 Å². The summed E-state index contributed by atoms with van der Waals surface area (Å²) in [6.45, 7) is 6.17. The van der Waals surface area contributed by atoms with E-state index in [1.807, 2.05) is 0 Å². The zero-order chi connectivity index (χ0) is 43.3. The molecule has 2 heterocycles. The number of ether oxygens (including phenoxy) is 6. The first-order valence-corrected chi connectivity index (χ1v) is 25.9. The molecule has 2 aliphatic heterocycles. The molecule has 2 aliphatic carbocycles. The Bertz CT molecular complexity index is 1120. The first-order chi connectivity index (χ1) is 29.9. The Labute approximate surface area is 370 Å². The summed E-state index contributed by atoms with van der Waals surface area (Å²) in [5.41, 5.74) is 0. The van der Waals surface area contributed by atoms with Gasteiger partial charge in [-0.05, 0) is 51.4 Å². The number of esters is 4. The Balaban J connectivity index is 0.911. The average molecular weight is 861 g/mol. The minimum atomic E-state index is -0.450. The fraction of sp³-hybridized carbons (Fsp3) is 0.922. The Kier molecular flexibility index (Phi) is 26.7. The van der Waals surface area contributed by atoms with Crippen LogP contribution >= 0.6 is 0 Å². The Hall–Kier alpha value is -2.20. The molecule has 8 atom stereocenters. The Morgan fingerprint density at radius 3 is 0.689 bits per heavy atom. The number of hydrogen-bond acceptors (Lipinski definition) is 10. The molecule has 0 N–H and O–H groups in total. The first-order valence-electron chi connectivity index (χ1n) is 25.9. The molecule has 0 aromatic carbocycles. The van der Waals surface area contributed by atoms with Gasteiger partial charge in [0.05, 0.1) is 74.5 Å². The normalized spacial score (nSPS) is 25.0. The predicted molar refractivity (Wildman–Crippen MR) is 239 cm³/mol. The summed E-state index contributed by atoms with van der Waals surface area (Å²) in [4.78, 5) is 51.9. The van der Waals surface area contributed by atoms with Crippen LogP contribution in [-0.2, 0) is 47.6 Å². The summed E-state index contributed by atoms with van der Waals surface area (Å²) in [5, 5.41) is 0. The average Bonchev–Trinajstić information content (AvgIpc) is 4.20. The van der Waals surface area contributed by atoms with E-state index in [1.165, 1.54) is 122 Å². The number of fused-ring (bicyclic) bond motifs is 2. The van der Waals surface area contributed by atoms with Gasteiger partial charge in [0.1, 0.15) is 0 Å². The largest absolute Gasteiger partial charge is 0.465 e. The van der Waals surface area contributed by atoms with Crippen molar-refractivity contribution in [2.45, 2.75) is 250 Å². The maximum absolute atomic E-state index is 13.0. The number of carbonyl (C=O) groups is 4. The molecule has 2 saturated carbocycles. The van der Waals surface area contributed by atoms with Gasteiger partial charge in [0.15, 0.2) is 0 Å². The van der Waals surface area contributed by atoms with Gasteiger partial charge < -0.3 is 28.4 Å². The molecule has 2 saturated heterocycles. The molecule has 8 unspecified atom stereocenters. The summed E-state index contributed by atoms with van der Waals surface area (Å²) in [5.74, 6) is -2.82. The molecule has 10 heteroatoms. The third-order valence-electron chi connectivity index (χ3n) is 13.8. The van der Waals surface area contributed by atoms with E-state index in [-0.39, 0.29) is 48.3 Å². The molecule has 352 valence electrons. The van der Waals surface area contributed by atoms with Crippen molar-refractivity contribution in [1.29, 1.82) is 0 Å². The molecule has 61 heavy (non-hydrogen) atoms. The minimum absolute atomic E-state index is 0.0925. The van der Waals surface area contributed by atoms with E-state index in [0.29, 0.717) is 52.1 Å². The number of rotatable bonds is 38. The second kappa shape index (κ2) is 31.6. The van der Waals surface area contributed by atoms with Crippen molar-refractivity contribution in [2.24, 2.45) is 23.7 Å². The number of unbranched alkanes of at least 4 members (excludes halogenated alkanes) is 26.